The number of rotatable bonds is 5. The van der Waals surface area contributed by atoms with E-state index in [0.29, 0.717) is 6.54 Å². The molecular formula is C17H16F3N3O2. The third-order valence-electron chi connectivity index (χ3n) is 3.26. The molecule has 0 atom stereocenters. The van der Waals surface area contributed by atoms with E-state index in [1.54, 1.807) is 0 Å². The molecule has 1 aromatic heterocycles. The van der Waals surface area contributed by atoms with Gasteiger partial charge >= 0.3 is 6.18 Å². The normalized spacial score (nSPS) is 11.0. The third-order valence-corrected chi connectivity index (χ3v) is 3.26. The summed E-state index contributed by atoms with van der Waals surface area (Å²) in [6.45, 7) is 2.39. The van der Waals surface area contributed by atoms with Crippen LogP contribution in [0.4, 0.5) is 18.9 Å². The molecule has 0 aliphatic carbocycles. The van der Waals surface area contributed by atoms with Gasteiger partial charge in [-0.2, -0.15) is 13.2 Å². The highest BCUT2D eigenvalue weighted by molar-refractivity contribution is 6.05. The summed E-state index contributed by atoms with van der Waals surface area (Å²) in [6.07, 6.45) is -2.35. The number of benzene rings is 1. The van der Waals surface area contributed by atoms with Crippen LogP contribution in [0.2, 0.25) is 0 Å². The minimum atomic E-state index is -4.44. The Bertz CT molecular complexity index is 758. The van der Waals surface area contributed by atoms with Gasteiger partial charge in [0.05, 0.1) is 5.56 Å². The number of anilines is 1. The summed E-state index contributed by atoms with van der Waals surface area (Å²) in [6, 6.07) is 6.82. The Morgan fingerprint density at radius 2 is 1.76 bits per heavy atom. The standard InChI is InChI=1S/C17H16F3N3O2/c1-2-8-22-16(25)14-10-11(7-9-21-14)15(24)23-13-5-3-12(4-6-13)17(18,19)20/h3-7,9-10H,2,8H2,1H3,(H,22,25)(H,23,24). The van der Waals surface area contributed by atoms with Crippen LogP contribution in [0.1, 0.15) is 39.8 Å². The van der Waals surface area contributed by atoms with Crippen LogP contribution < -0.4 is 10.6 Å². The summed E-state index contributed by atoms with van der Waals surface area (Å²) in [5, 5.41) is 5.13. The molecule has 8 heteroatoms. The summed E-state index contributed by atoms with van der Waals surface area (Å²) in [5.74, 6) is -0.947. The van der Waals surface area contributed by atoms with E-state index in [9.17, 15) is 22.8 Å². The van der Waals surface area contributed by atoms with E-state index in [1.165, 1.54) is 18.3 Å². The molecule has 0 saturated heterocycles. The van der Waals surface area contributed by atoms with Crippen LogP contribution in [-0.4, -0.2) is 23.3 Å². The van der Waals surface area contributed by atoms with Crippen molar-refractivity contribution < 1.29 is 22.8 Å². The number of carbonyl (C=O) groups is 2. The summed E-state index contributed by atoms with van der Waals surface area (Å²) < 4.78 is 37.6. The van der Waals surface area contributed by atoms with Gasteiger partial charge < -0.3 is 10.6 Å². The Labute approximate surface area is 142 Å². The molecule has 2 amide bonds. The summed E-state index contributed by atoms with van der Waals surface area (Å²) in [4.78, 5) is 28.0. The van der Waals surface area contributed by atoms with Crippen LogP contribution in [0.5, 0.6) is 0 Å². The zero-order valence-corrected chi connectivity index (χ0v) is 13.4. The highest BCUT2D eigenvalue weighted by Gasteiger charge is 2.30. The fourth-order valence-corrected chi connectivity index (χ4v) is 1.97. The van der Waals surface area contributed by atoms with Gasteiger partial charge in [-0.05, 0) is 42.8 Å². The minimum Gasteiger partial charge on any atom is -0.351 e. The largest absolute Gasteiger partial charge is 0.416 e. The SMILES string of the molecule is CCCNC(=O)c1cc(C(=O)Nc2ccc(C(F)(F)F)cc2)ccn1. The van der Waals surface area contributed by atoms with Gasteiger partial charge in [0.2, 0.25) is 0 Å². The first-order valence-electron chi connectivity index (χ1n) is 7.54. The van der Waals surface area contributed by atoms with Crippen molar-refractivity contribution >= 4 is 17.5 Å². The highest BCUT2D eigenvalue weighted by Crippen LogP contribution is 2.29. The van der Waals surface area contributed by atoms with E-state index in [4.69, 9.17) is 0 Å². The number of amides is 2. The maximum absolute atomic E-state index is 12.5. The molecule has 0 saturated carbocycles. The molecule has 2 aromatic rings. The van der Waals surface area contributed by atoms with Gasteiger partial charge in [0, 0.05) is 24.0 Å². The van der Waals surface area contributed by atoms with E-state index in [2.05, 4.69) is 15.6 Å². The average molecular weight is 351 g/mol. The quantitative estimate of drug-likeness (QED) is 0.866. The Kier molecular flexibility index (Phi) is 5.74. The second-order valence-corrected chi connectivity index (χ2v) is 5.21. The van der Waals surface area contributed by atoms with Crippen LogP contribution in [0.25, 0.3) is 0 Å². The lowest BCUT2D eigenvalue weighted by atomic mass is 10.1. The Balaban J connectivity index is 2.09. The number of nitrogens with zero attached hydrogens (tertiary/aromatic N) is 1. The molecule has 132 valence electrons. The van der Waals surface area contributed by atoms with Gasteiger partial charge in [-0.25, -0.2) is 0 Å². The number of pyridine rings is 1. The molecule has 25 heavy (non-hydrogen) atoms. The van der Waals surface area contributed by atoms with Crippen molar-refractivity contribution in [3.05, 3.63) is 59.4 Å². The predicted molar refractivity (Wildman–Crippen MR) is 86.3 cm³/mol. The van der Waals surface area contributed by atoms with Crippen molar-refractivity contribution in [1.29, 1.82) is 0 Å². The second-order valence-electron chi connectivity index (χ2n) is 5.21. The van der Waals surface area contributed by atoms with Gasteiger partial charge in [-0.3, -0.25) is 14.6 Å². The predicted octanol–water partition coefficient (Wildman–Crippen LogP) is 3.49. The van der Waals surface area contributed by atoms with Gasteiger partial charge in [-0.15, -0.1) is 0 Å². The molecule has 0 aliphatic heterocycles. The lowest BCUT2D eigenvalue weighted by Crippen LogP contribution is -2.25. The monoisotopic (exact) mass is 351 g/mol. The lowest BCUT2D eigenvalue weighted by molar-refractivity contribution is -0.137. The van der Waals surface area contributed by atoms with Crippen molar-refractivity contribution in [2.24, 2.45) is 0 Å². The first-order valence-corrected chi connectivity index (χ1v) is 7.54. The molecule has 0 unspecified atom stereocenters. The van der Waals surface area contributed by atoms with Crippen molar-refractivity contribution in [3.63, 3.8) is 0 Å². The Morgan fingerprint density at radius 3 is 2.36 bits per heavy atom. The second kappa shape index (κ2) is 7.78. The first kappa shape index (κ1) is 18.4. The maximum atomic E-state index is 12.5. The Hall–Kier alpha value is -2.90. The first-order chi connectivity index (χ1) is 11.8. The number of carbonyl (C=O) groups excluding carboxylic acids is 2. The van der Waals surface area contributed by atoms with Gasteiger partial charge in [0.15, 0.2) is 0 Å². The van der Waals surface area contributed by atoms with E-state index < -0.39 is 23.6 Å². The van der Waals surface area contributed by atoms with Crippen LogP contribution in [0.3, 0.4) is 0 Å². The van der Waals surface area contributed by atoms with E-state index >= 15 is 0 Å². The zero-order chi connectivity index (χ0) is 18.4. The van der Waals surface area contributed by atoms with Crippen LogP contribution in [-0.2, 0) is 6.18 Å². The zero-order valence-electron chi connectivity index (χ0n) is 13.4. The van der Waals surface area contributed by atoms with Crippen molar-refractivity contribution in [3.8, 4) is 0 Å². The van der Waals surface area contributed by atoms with E-state index in [0.717, 1.165) is 30.7 Å². The molecule has 2 N–H and O–H groups in total. The molecule has 2 rings (SSSR count). The molecule has 0 aliphatic rings. The molecule has 1 heterocycles. The van der Waals surface area contributed by atoms with Crippen molar-refractivity contribution in [2.45, 2.75) is 19.5 Å². The van der Waals surface area contributed by atoms with Gasteiger partial charge in [0.1, 0.15) is 5.69 Å². The molecule has 0 radical (unpaired) electrons. The summed E-state index contributed by atoms with van der Waals surface area (Å²) in [5.41, 5.74) is -0.318. The lowest BCUT2D eigenvalue weighted by Gasteiger charge is -2.09. The molecule has 0 spiro atoms. The maximum Gasteiger partial charge on any atom is 0.416 e. The molecular weight excluding hydrogens is 335 g/mol. The Morgan fingerprint density at radius 1 is 1.08 bits per heavy atom. The summed E-state index contributed by atoms with van der Waals surface area (Å²) >= 11 is 0. The number of aromatic nitrogens is 1. The van der Waals surface area contributed by atoms with Gasteiger partial charge in [-0.1, -0.05) is 6.92 Å². The number of halogens is 3. The van der Waals surface area contributed by atoms with Crippen LogP contribution >= 0.6 is 0 Å². The summed E-state index contributed by atoms with van der Waals surface area (Å²) in [7, 11) is 0. The molecule has 5 nitrogen and oxygen atoms in total. The number of alkyl halides is 3. The molecule has 0 fully saturated rings. The molecule has 0 bridgehead atoms. The fourth-order valence-electron chi connectivity index (χ4n) is 1.97. The number of hydrogen-bond donors (Lipinski definition) is 2. The van der Waals surface area contributed by atoms with E-state index in [1.807, 2.05) is 6.92 Å². The smallest absolute Gasteiger partial charge is 0.351 e. The van der Waals surface area contributed by atoms with Crippen molar-refractivity contribution in [1.82, 2.24) is 10.3 Å². The minimum absolute atomic E-state index is 0.0912. The number of nitrogens with one attached hydrogen (secondary N) is 2. The molecule has 1 aromatic carbocycles. The fraction of sp³-hybridized carbons (Fsp3) is 0.235. The van der Waals surface area contributed by atoms with Crippen LogP contribution in [0, 0.1) is 0 Å². The van der Waals surface area contributed by atoms with Gasteiger partial charge in [0.25, 0.3) is 11.8 Å². The third kappa shape index (κ3) is 5.03. The van der Waals surface area contributed by atoms with E-state index in [-0.39, 0.29) is 16.9 Å². The topological polar surface area (TPSA) is 71.1 Å². The highest BCUT2D eigenvalue weighted by atomic mass is 19.4. The average Bonchev–Trinajstić information content (AvgIpc) is 2.59. The number of hydrogen-bond acceptors (Lipinski definition) is 3. The van der Waals surface area contributed by atoms with Crippen LogP contribution in [0.15, 0.2) is 42.6 Å². The van der Waals surface area contributed by atoms with Crippen molar-refractivity contribution in [2.75, 3.05) is 11.9 Å².